The molecule has 0 saturated heterocycles. The Hall–Kier alpha value is -1.80. The number of hydrogen-bond donors (Lipinski definition) is 1. The first-order valence-electron chi connectivity index (χ1n) is 6.91. The summed E-state index contributed by atoms with van der Waals surface area (Å²) in [7, 11) is 0. The van der Waals surface area contributed by atoms with Crippen molar-refractivity contribution >= 4 is 5.69 Å². The molecular weight excluding hydrogens is 232 g/mol. The van der Waals surface area contributed by atoms with E-state index in [9.17, 15) is 0 Å². The van der Waals surface area contributed by atoms with E-state index in [1.54, 1.807) is 0 Å². The van der Waals surface area contributed by atoms with E-state index in [0.717, 1.165) is 25.2 Å². The molecular formula is C17H20N2. The van der Waals surface area contributed by atoms with Crippen LogP contribution < -0.4 is 5.73 Å². The summed E-state index contributed by atoms with van der Waals surface area (Å²) in [6, 6.07) is 17.4. The number of nitrogen functional groups attached to an aromatic ring is 1. The van der Waals surface area contributed by atoms with Crippen molar-refractivity contribution in [1.29, 1.82) is 0 Å². The zero-order valence-electron chi connectivity index (χ0n) is 11.3. The molecule has 2 aromatic rings. The van der Waals surface area contributed by atoms with Gasteiger partial charge in [-0.2, -0.15) is 0 Å². The smallest absolute Gasteiger partial charge is 0.0362 e. The highest BCUT2D eigenvalue weighted by atomic mass is 15.2. The van der Waals surface area contributed by atoms with Crippen molar-refractivity contribution < 1.29 is 0 Å². The Morgan fingerprint density at radius 3 is 2.63 bits per heavy atom. The van der Waals surface area contributed by atoms with Crippen LogP contribution in [-0.2, 0) is 13.0 Å². The minimum Gasteiger partial charge on any atom is -0.398 e. The number of rotatable bonds is 2. The lowest BCUT2D eigenvalue weighted by Gasteiger charge is -2.34. The number of hydrogen-bond acceptors (Lipinski definition) is 2. The fourth-order valence-corrected chi connectivity index (χ4v) is 2.90. The van der Waals surface area contributed by atoms with Crippen LogP contribution in [0, 0.1) is 0 Å². The van der Waals surface area contributed by atoms with Crippen molar-refractivity contribution in [1.82, 2.24) is 4.90 Å². The normalized spacial score (nSPS) is 16.9. The molecule has 0 fully saturated rings. The second-order valence-corrected chi connectivity index (χ2v) is 5.29. The van der Waals surface area contributed by atoms with E-state index in [-0.39, 0.29) is 0 Å². The Morgan fingerprint density at radius 2 is 1.84 bits per heavy atom. The van der Waals surface area contributed by atoms with E-state index in [1.807, 2.05) is 6.07 Å². The van der Waals surface area contributed by atoms with Crippen LogP contribution in [-0.4, -0.2) is 11.4 Å². The highest BCUT2D eigenvalue weighted by Crippen LogP contribution is 2.30. The third-order valence-corrected chi connectivity index (χ3v) is 4.17. The molecule has 1 unspecified atom stereocenters. The van der Waals surface area contributed by atoms with Gasteiger partial charge >= 0.3 is 0 Å². The van der Waals surface area contributed by atoms with Gasteiger partial charge < -0.3 is 5.73 Å². The lowest BCUT2D eigenvalue weighted by atomic mass is 9.96. The molecule has 1 aliphatic rings. The van der Waals surface area contributed by atoms with Crippen LogP contribution >= 0.6 is 0 Å². The van der Waals surface area contributed by atoms with Gasteiger partial charge in [0.05, 0.1) is 0 Å². The van der Waals surface area contributed by atoms with Crippen molar-refractivity contribution in [3.8, 4) is 0 Å². The van der Waals surface area contributed by atoms with Gasteiger partial charge in [-0.05, 0) is 36.1 Å². The first kappa shape index (κ1) is 12.2. The molecule has 98 valence electrons. The minimum atomic E-state index is 0.439. The predicted molar refractivity (Wildman–Crippen MR) is 79.8 cm³/mol. The van der Waals surface area contributed by atoms with Crippen LogP contribution in [0.5, 0.6) is 0 Å². The second kappa shape index (κ2) is 5.06. The van der Waals surface area contributed by atoms with Gasteiger partial charge in [0.25, 0.3) is 0 Å². The topological polar surface area (TPSA) is 29.3 Å². The fraction of sp³-hybridized carbons (Fsp3) is 0.294. The summed E-state index contributed by atoms with van der Waals surface area (Å²) in [4.78, 5) is 2.51. The SMILES string of the molecule is CC(c1ccccc1)N1CCc2cccc(N)c2C1. The van der Waals surface area contributed by atoms with Crippen LogP contribution in [0.1, 0.15) is 29.7 Å². The first-order chi connectivity index (χ1) is 9.25. The van der Waals surface area contributed by atoms with Crippen LogP contribution in [0.3, 0.4) is 0 Å². The van der Waals surface area contributed by atoms with Gasteiger partial charge in [-0.1, -0.05) is 42.5 Å². The molecule has 0 amide bonds. The van der Waals surface area contributed by atoms with Gasteiger partial charge in [0, 0.05) is 24.8 Å². The summed E-state index contributed by atoms with van der Waals surface area (Å²) >= 11 is 0. The third-order valence-electron chi connectivity index (χ3n) is 4.17. The van der Waals surface area contributed by atoms with E-state index in [4.69, 9.17) is 5.73 Å². The summed E-state index contributed by atoms with van der Waals surface area (Å²) in [6.45, 7) is 4.34. The van der Waals surface area contributed by atoms with Crippen molar-refractivity contribution in [2.45, 2.75) is 25.9 Å². The van der Waals surface area contributed by atoms with Gasteiger partial charge in [-0.3, -0.25) is 4.90 Å². The van der Waals surface area contributed by atoms with Gasteiger partial charge in [-0.15, -0.1) is 0 Å². The average Bonchev–Trinajstić information content (AvgIpc) is 2.47. The largest absolute Gasteiger partial charge is 0.398 e. The zero-order chi connectivity index (χ0) is 13.2. The second-order valence-electron chi connectivity index (χ2n) is 5.29. The van der Waals surface area contributed by atoms with Crippen molar-refractivity contribution in [3.05, 3.63) is 65.2 Å². The molecule has 2 nitrogen and oxygen atoms in total. The Balaban J connectivity index is 1.84. The standard InChI is InChI=1S/C17H20N2/c1-13(14-6-3-2-4-7-14)19-11-10-15-8-5-9-17(18)16(15)12-19/h2-9,13H,10-12,18H2,1H3. The number of nitrogens with zero attached hydrogens (tertiary/aromatic N) is 1. The molecule has 19 heavy (non-hydrogen) atoms. The van der Waals surface area contributed by atoms with E-state index in [2.05, 4.69) is 54.3 Å². The molecule has 0 aliphatic carbocycles. The maximum absolute atomic E-state index is 6.12. The average molecular weight is 252 g/mol. The fourth-order valence-electron chi connectivity index (χ4n) is 2.90. The monoisotopic (exact) mass is 252 g/mol. The van der Waals surface area contributed by atoms with Crippen LogP contribution in [0.4, 0.5) is 5.69 Å². The van der Waals surface area contributed by atoms with Crippen molar-refractivity contribution in [3.63, 3.8) is 0 Å². The minimum absolute atomic E-state index is 0.439. The molecule has 2 N–H and O–H groups in total. The number of nitrogens with two attached hydrogens (primary N) is 1. The van der Waals surface area contributed by atoms with Crippen molar-refractivity contribution in [2.75, 3.05) is 12.3 Å². The van der Waals surface area contributed by atoms with Crippen LogP contribution in [0.15, 0.2) is 48.5 Å². The molecule has 1 atom stereocenters. The molecule has 0 radical (unpaired) electrons. The zero-order valence-corrected chi connectivity index (χ0v) is 11.3. The number of benzene rings is 2. The molecule has 0 aromatic heterocycles. The van der Waals surface area contributed by atoms with Gasteiger partial charge in [0.2, 0.25) is 0 Å². The third kappa shape index (κ3) is 2.36. The first-order valence-corrected chi connectivity index (χ1v) is 6.91. The van der Waals surface area contributed by atoms with Crippen LogP contribution in [0.25, 0.3) is 0 Å². The maximum Gasteiger partial charge on any atom is 0.0362 e. The van der Waals surface area contributed by atoms with Gasteiger partial charge in [0.1, 0.15) is 0 Å². The molecule has 0 saturated carbocycles. The molecule has 0 spiro atoms. The lowest BCUT2D eigenvalue weighted by molar-refractivity contribution is 0.192. The van der Waals surface area contributed by atoms with E-state index in [1.165, 1.54) is 16.7 Å². The highest BCUT2D eigenvalue weighted by Gasteiger charge is 2.22. The molecule has 2 heteroatoms. The summed E-state index contributed by atoms with van der Waals surface area (Å²) in [6.07, 6.45) is 1.09. The molecule has 0 bridgehead atoms. The predicted octanol–water partition coefficient (Wildman–Crippen LogP) is 3.39. The van der Waals surface area contributed by atoms with Crippen LogP contribution in [0.2, 0.25) is 0 Å². The molecule has 2 aromatic carbocycles. The molecule has 1 heterocycles. The molecule has 1 aliphatic heterocycles. The lowest BCUT2D eigenvalue weighted by Crippen LogP contribution is -2.33. The maximum atomic E-state index is 6.12. The van der Waals surface area contributed by atoms with Gasteiger partial charge in [0.15, 0.2) is 0 Å². The number of fused-ring (bicyclic) bond motifs is 1. The summed E-state index contributed by atoms with van der Waals surface area (Å²) in [5, 5.41) is 0. The van der Waals surface area contributed by atoms with E-state index in [0.29, 0.717) is 6.04 Å². The summed E-state index contributed by atoms with van der Waals surface area (Å²) in [5.41, 5.74) is 11.2. The Bertz CT molecular complexity index is 563. The molecule has 3 rings (SSSR count). The summed E-state index contributed by atoms with van der Waals surface area (Å²) in [5.74, 6) is 0. The Kier molecular flexibility index (Phi) is 3.26. The Labute approximate surface area is 114 Å². The highest BCUT2D eigenvalue weighted by molar-refractivity contribution is 5.51. The Morgan fingerprint density at radius 1 is 1.05 bits per heavy atom. The van der Waals surface area contributed by atoms with E-state index >= 15 is 0 Å². The van der Waals surface area contributed by atoms with E-state index < -0.39 is 0 Å². The quantitative estimate of drug-likeness (QED) is 0.830. The summed E-state index contributed by atoms with van der Waals surface area (Å²) < 4.78 is 0. The van der Waals surface area contributed by atoms with Gasteiger partial charge in [-0.25, -0.2) is 0 Å². The number of anilines is 1. The van der Waals surface area contributed by atoms with Crippen molar-refractivity contribution in [2.24, 2.45) is 0 Å².